The van der Waals surface area contributed by atoms with Crippen LogP contribution in [0.2, 0.25) is 0 Å². The quantitative estimate of drug-likeness (QED) is 0.0762. The second-order valence-electron chi connectivity index (χ2n) is 13.8. The number of aromatic nitrogens is 2. The maximum Gasteiger partial charge on any atom is 0.441 e. The summed E-state index contributed by atoms with van der Waals surface area (Å²) in [5, 5.41) is 7.37. The van der Waals surface area contributed by atoms with E-state index in [0.29, 0.717) is 28.6 Å². The van der Waals surface area contributed by atoms with Gasteiger partial charge in [-0.15, -0.1) is 5.10 Å². The molecule has 13 heteroatoms. The molecule has 0 aliphatic heterocycles. The summed E-state index contributed by atoms with van der Waals surface area (Å²) in [4.78, 5) is 46.7. The van der Waals surface area contributed by atoms with Crippen LogP contribution in [-0.4, -0.2) is 56.3 Å². The van der Waals surface area contributed by atoms with Gasteiger partial charge in [-0.3, -0.25) is 4.79 Å². The minimum absolute atomic E-state index is 0.0162. The van der Waals surface area contributed by atoms with Gasteiger partial charge in [0.15, 0.2) is 0 Å². The van der Waals surface area contributed by atoms with Crippen LogP contribution in [0.5, 0.6) is 11.8 Å². The molecule has 12 nitrogen and oxygen atoms in total. The zero-order valence-corrected chi connectivity index (χ0v) is 28.9. The van der Waals surface area contributed by atoms with Gasteiger partial charge in [0.1, 0.15) is 34.7 Å². The van der Waals surface area contributed by atoms with Gasteiger partial charge < -0.3 is 24.3 Å². The van der Waals surface area contributed by atoms with Crippen molar-refractivity contribution >= 4 is 24.5 Å². The van der Waals surface area contributed by atoms with Crippen LogP contribution in [0.3, 0.4) is 0 Å². The highest BCUT2D eigenvalue weighted by atomic mass is 19.1. The molecule has 3 aromatic rings. The van der Waals surface area contributed by atoms with Crippen molar-refractivity contribution in [1.82, 2.24) is 20.3 Å². The Morgan fingerprint density at radius 2 is 1.40 bits per heavy atom. The molecule has 3 rings (SSSR count). The molecule has 1 N–H and O–H groups in total. The van der Waals surface area contributed by atoms with Gasteiger partial charge >= 0.3 is 24.2 Å². The monoisotopic (exact) mass is 665 g/mol. The Hall–Kier alpha value is -5.07. The number of rotatable bonds is 10. The lowest BCUT2D eigenvalue weighted by Crippen LogP contribution is -2.41. The van der Waals surface area contributed by atoms with Gasteiger partial charge in [-0.1, -0.05) is 29.3 Å². The lowest BCUT2D eigenvalue weighted by Gasteiger charge is -2.25. The summed E-state index contributed by atoms with van der Waals surface area (Å²) >= 11 is 0. The predicted molar refractivity (Wildman–Crippen MR) is 177 cm³/mol. The second-order valence-corrected chi connectivity index (χ2v) is 13.8. The fourth-order valence-corrected chi connectivity index (χ4v) is 4.06. The van der Waals surface area contributed by atoms with Gasteiger partial charge in [-0.05, 0) is 104 Å². The van der Waals surface area contributed by atoms with Crippen molar-refractivity contribution in [3.8, 4) is 11.8 Å². The SMILES string of the molecule is CC(C)(C)OC(=O)CC(c1ccc(F)cc1)c1ccnc(Oc2ccc(CNC=NN(C(=O)OC(C)(C)C)C(=O)OC(C)(C)C)cc2)n1. The van der Waals surface area contributed by atoms with Gasteiger partial charge in [-0.2, -0.15) is 4.98 Å². The van der Waals surface area contributed by atoms with Crippen molar-refractivity contribution in [2.24, 2.45) is 5.10 Å². The molecule has 0 aliphatic rings. The Labute approximate surface area is 280 Å². The Morgan fingerprint density at radius 1 is 0.833 bits per heavy atom. The third kappa shape index (κ3) is 13.0. The van der Waals surface area contributed by atoms with E-state index >= 15 is 0 Å². The predicted octanol–water partition coefficient (Wildman–Crippen LogP) is 7.48. The number of carbonyl (C=O) groups excluding carboxylic acids is 3. The van der Waals surface area contributed by atoms with E-state index in [9.17, 15) is 18.8 Å². The summed E-state index contributed by atoms with van der Waals surface area (Å²) in [6, 6.07) is 14.6. The third-order valence-corrected chi connectivity index (χ3v) is 5.91. The number of esters is 1. The Balaban J connectivity index is 1.68. The molecule has 2 amide bonds. The van der Waals surface area contributed by atoms with Crippen LogP contribution in [-0.2, 0) is 25.5 Å². The van der Waals surface area contributed by atoms with Gasteiger partial charge in [-0.25, -0.2) is 19.0 Å². The average Bonchev–Trinajstić information content (AvgIpc) is 2.94. The first kappa shape index (κ1) is 37.4. The smallest absolute Gasteiger partial charge is 0.441 e. The van der Waals surface area contributed by atoms with Crippen molar-refractivity contribution in [2.45, 2.75) is 98.0 Å². The first-order valence-electron chi connectivity index (χ1n) is 15.4. The van der Waals surface area contributed by atoms with Crippen LogP contribution in [0, 0.1) is 5.82 Å². The Kier molecular flexibility index (Phi) is 12.2. The molecule has 0 saturated heterocycles. The standard InChI is InChI=1S/C35H44FN5O7/c1-33(2,3)46-29(42)20-27(24-12-14-25(36)15-13-24)28-18-19-38-30(40-28)45-26-16-10-23(11-17-26)21-37-22-39-41(31(43)47-34(4,5)6)32(44)48-35(7,8)9/h10-19,22,27H,20-21H2,1-9H3,(H,37,39). The number of hydrogen-bond acceptors (Lipinski definition) is 10. The summed E-state index contributed by atoms with van der Waals surface area (Å²) in [5.74, 6) is -0.885. The lowest BCUT2D eigenvalue weighted by atomic mass is 9.92. The summed E-state index contributed by atoms with van der Waals surface area (Å²) in [6.07, 6.45) is 0.760. The molecule has 48 heavy (non-hydrogen) atoms. The summed E-state index contributed by atoms with van der Waals surface area (Å²) in [5.41, 5.74) is -0.337. The minimum Gasteiger partial charge on any atom is -0.460 e. The summed E-state index contributed by atoms with van der Waals surface area (Å²) < 4.78 is 35.7. The van der Waals surface area contributed by atoms with Crippen LogP contribution in [0.4, 0.5) is 14.0 Å². The van der Waals surface area contributed by atoms with Crippen molar-refractivity contribution in [3.05, 3.63) is 83.4 Å². The third-order valence-electron chi connectivity index (χ3n) is 5.91. The van der Waals surface area contributed by atoms with Gasteiger partial charge in [0.25, 0.3) is 0 Å². The highest BCUT2D eigenvalue weighted by Crippen LogP contribution is 2.30. The number of carbonyl (C=O) groups is 3. The largest absolute Gasteiger partial charge is 0.460 e. The maximum absolute atomic E-state index is 13.7. The van der Waals surface area contributed by atoms with E-state index in [2.05, 4.69) is 20.4 Å². The zero-order chi connectivity index (χ0) is 35.7. The van der Waals surface area contributed by atoms with Crippen molar-refractivity contribution in [2.75, 3.05) is 0 Å². The average molecular weight is 666 g/mol. The van der Waals surface area contributed by atoms with Crippen LogP contribution >= 0.6 is 0 Å². The molecule has 0 bridgehead atoms. The first-order chi connectivity index (χ1) is 22.3. The molecule has 0 aliphatic carbocycles. The number of ether oxygens (including phenoxy) is 4. The van der Waals surface area contributed by atoms with E-state index < -0.39 is 46.7 Å². The van der Waals surface area contributed by atoms with E-state index in [4.69, 9.17) is 18.9 Å². The van der Waals surface area contributed by atoms with Crippen LogP contribution in [0.15, 0.2) is 65.9 Å². The van der Waals surface area contributed by atoms with E-state index in [1.54, 1.807) is 105 Å². The summed E-state index contributed by atoms with van der Waals surface area (Å²) in [6.45, 7) is 15.7. The molecule has 1 heterocycles. The number of nitrogens with one attached hydrogen (secondary N) is 1. The second kappa shape index (κ2) is 15.7. The molecule has 1 aromatic heterocycles. The Bertz CT molecular complexity index is 1550. The number of benzene rings is 2. The minimum atomic E-state index is -0.976. The molecule has 2 aromatic carbocycles. The number of hydrogen-bond donors (Lipinski definition) is 1. The molecular formula is C35H44FN5O7. The van der Waals surface area contributed by atoms with Crippen molar-refractivity contribution in [1.29, 1.82) is 0 Å². The number of hydrazone groups is 1. The normalized spacial score (nSPS) is 12.6. The van der Waals surface area contributed by atoms with Gasteiger partial charge in [0.05, 0.1) is 12.1 Å². The molecule has 0 radical (unpaired) electrons. The summed E-state index contributed by atoms with van der Waals surface area (Å²) in [7, 11) is 0. The number of nitrogens with zero attached hydrogens (tertiary/aromatic N) is 4. The highest BCUT2D eigenvalue weighted by molar-refractivity contribution is 5.88. The van der Waals surface area contributed by atoms with Crippen LogP contribution in [0.1, 0.15) is 91.5 Å². The molecule has 0 spiro atoms. The number of amides is 2. The fourth-order valence-electron chi connectivity index (χ4n) is 4.06. The number of halogens is 1. The van der Waals surface area contributed by atoms with E-state index in [1.165, 1.54) is 24.7 Å². The molecule has 0 fully saturated rings. The molecule has 1 unspecified atom stereocenters. The molecule has 258 valence electrons. The van der Waals surface area contributed by atoms with Gasteiger partial charge in [0, 0.05) is 18.7 Å². The molecule has 0 saturated carbocycles. The fraction of sp³-hybridized carbons (Fsp3) is 0.429. The van der Waals surface area contributed by atoms with Crippen LogP contribution in [0.25, 0.3) is 0 Å². The van der Waals surface area contributed by atoms with E-state index in [-0.39, 0.29) is 12.4 Å². The maximum atomic E-state index is 13.7. The Morgan fingerprint density at radius 3 is 1.94 bits per heavy atom. The van der Waals surface area contributed by atoms with Crippen molar-refractivity contribution in [3.63, 3.8) is 0 Å². The first-order valence-corrected chi connectivity index (χ1v) is 15.4. The highest BCUT2D eigenvalue weighted by Gasteiger charge is 2.31. The topological polar surface area (TPSA) is 142 Å². The van der Waals surface area contributed by atoms with Crippen molar-refractivity contribution < 1.29 is 37.7 Å². The van der Waals surface area contributed by atoms with Crippen LogP contribution < -0.4 is 10.1 Å². The number of imide groups is 1. The van der Waals surface area contributed by atoms with E-state index in [1.807, 2.05) is 0 Å². The van der Waals surface area contributed by atoms with E-state index in [0.717, 1.165) is 5.56 Å². The van der Waals surface area contributed by atoms with Gasteiger partial charge in [0.2, 0.25) is 0 Å². The zero-order valence-electron chi connectivity index (χ0n) is 28.9. The lowest BCUT2D eigenvalue weighted by molar-refractivity contribution is -0.155. The molecular weight excluding hydrogens is 621 g/mol. The molecule has 1 atom stereocenters.